The molecule has 0 radical (unpaired) electrons. The number of carbonyl (C=O) groups is 3. The molecule has 0 aliphatic rings. The Morgan fingerprint density at radius 1 is 1.03 bits per heavy atom. The van der Waals surface area contributed by atoms with E-state index in [-0.39, 0.29) is 24.8 Å². The molecule has 0 saturated carbocycles. The van der Waals surface area contributed by atoms with Crippen molar-refractivity contribution in [3.63, 3.8) is 0 Å². The van der Waals surface area contributed by atoms with E-state index in [4.69, 9.17) is 14.9 Å². The Balaban J connectivity index is 0.000000734. The van der Waals surface area contributed by atoms with E-state index in [0.29, 0.717) is 29.2 Å². The minimum absolute atomic E-state index is 0.246. The summed E-state index contributed by atoms with van der Waals surface area (Å²) in [6.07, 6.45) is 4.48. The predicted octanol–water partition coefficient (Wildman–Crippen LogP) is 3.13. The van der Waals surface area contributed by atoms with Gasteiger partial charge in [0.25, 0.3) is 0 Å². The van der Waals surface area contributed by atoms with Gasteiger partial charge in [0.2, 0.25) is 0 Å². The number of unbranched alkanes of at least 4 members (excludes halogenated alkanes) is 1. The molecule has 8 nitrogen and oxygen atoms in total. The predicted molar refractivity (Wildman–Crippen MR) is 109 cm³/mol. The van der Waals surface area contributed by atoms with Crippen LogP contribution in [0.4, 0.5) is 0 Å². The molecule has 0 aliphatic carbocycles. The average molecular weight is 411 g/mol. The Hall–Kier alpha value is -2.61. The molecule has 0 spiro atoms. The molecule has 1 aromatic rings. The van der Waals surface area contributed by atoms with Gasteiger partial charge in [-0.1, -0.05) is 33.1 Å². The molecule has 0 fully saturated rings. The Bertz CT molecular complexity index is 636. The molecule has 0 amide bonds. The third-order valence-corrected chi connectivity index (χ3v) is 4.27. The van der Waals surface area contributed by atoms with Gasteiger partial charge in [-0.25, -0.2) is 4.79 Å². The van der Waals surface area contributed by atoms with Crippen LogP contribution in [-0.4, -0.2) is 52.9 Å². The van der Waals surface area contributed by atoms with Crippen molar-refractivity contribution in [3.8, 4) is 5.75 Å². The highest BCUT2D eigenvalue weighted by Crippen LogP contribution is 2.23. The molecule has 0 bridgehead atoms. The van der Waals surface area contributed by atoms with Gasteiger partial charge in [0.1, 0.15) is 5.75 Å². The number of aromatic hydroxyl groups is 1. The Morgan fingerprint density at radius 2 is 1.55 bits per heavy atom. The van der Waals surface area contributed by atoms with Crippen molar-refractivity contribution in [1.82, 2.24) is 5.32 Å². The summed E-state index contributed by atoms with van der Waals surface area (Å²) in [5.74, 6) is -1.73. The van der Waals surface area contributed by atoms with Crippen molar-refractivity contribution in [2.45, 2.75) is 53.4 Å². The van der Waals surface area contributed by atoms with Gasteiger partial charge in [-0.05, 0) is 49.4 Å². The summed E-state index contributed by atoms with van der Waals surface area (Å²) in [5, 5.41) is 27.8. The molecule has 0 heterocycles. The fourth-order valence-electron chi connectivity index (χ4n) is 2.53. The first-order valence-corrected chi connectivity index (χ1v) is 9.73. The van der Waals surface area contributed by atoms with Gasteiger partial charge in [0, 0.05) is 0 Å². The largest absolute Gasteiger partial charge is 0.507 e. The number of carboxylic acids is 2. The van der Waals surface area contributed by atoms with Crippen LogP contribution in [-0.2, 0) is 14.3 Å². The maximum absolute atomic E-state index is 12.1. The smallest absolute Gasteiger partial charge is 0.338 e. The fraction of sp³-hybridized carbons (Fsp3) is 0.571. The number of aliphatic carboxylic acids is 2. The fourth-order valence-corrected chi connectivity index (χ4v) is 2.53. The number of phenolic OH excluding ortho intramolecular Hbond substituents is 1. The number of carboxylic acid groups (broad SMARTS) is 2. The van der Waals surface area contributed by atoms with Crippen LogP contribution in [0.2, 0.25) is 0 Å². The van der Waals surface area contributed by atoms with Gasteiger partial charge >= 0.3 is 17.9 Å². The number of esters is 1. The van der Waals surface area contributed by atoms with Crippen molar-refractivity contribution in [2.24, 2.45) is 5.92 Å². The average Bonchev–Trinajstić information content (AvgIpc) is 2.65. The van der Waals surface area contributed by atoms with Crippen LogP contribution in [0.15, 0.2) is 12.1 Å². The van der Waals surface area contributed by atoms with E-state index < -0.39 is 11.9 Å². The maximum Gasteiger partial charge on any atom is 0.338 e. The Morgan fingerprint density at radius 3 is 1.97 bits per heavy atom. The molecule has 29 heavy (non-hydrogen) atoms. The van der Waals surface area contributed by atoms with Gasteiger partial charge in [0.15, 0.2) is 0 Å². The molecule has 4 N–H and O–H groups in total. The monoisotopic (exact) mass is 411 g/mol. The summed E-state index contributed by atoms with van der Waals surface area (Å²) in [5.41, 5.74) is 1.92. The highest BCUT2D eigenvalue weighted by Gasteiger charge is 2.14. The molecule has 1 aromatic carbocycles. The number of phenols is 1. The third kappa shape index (κ3) is 11.7. The van der Waals surface area contributed by atoms with Gasteiger partial charge in [-0.2, -0.15) is 0 Å². The summed E-state index contributed by atoms with van der Waals surface area (Å²) in [4.78, 5) is 31.5. The van der Waals surface area contributed by atoms with E-state index in [1.165, 1.54) is 12.8 Å². The van der Waals surface area contributed by atoms with Crippen LogP contribution in [0.25, 0.3) is 0 Å². The molecule has 0 saturated heterocycles. The Labute approximate surface area is 171 Å². The Kier molecular flexibility index (Phi) is 13.1. The summed E-state index contributed by atoms with van der Waals surface area (Å²) in [6.45, 7) is 7.72. The molecule has 0 aromatic heterocycles. The molecule has 8 heteroatoms. The molecular formula is C21H33NO7. The maximum atomic E-state index is 12.1. The lowest BCUT2D eigenvalue weighted by atomic mass is 10.0. The first-order chi connectivity index (χ1) is 13.6. The van der Waals surface area contributed by atoms with E-state index in [2.05, 4.69) is 19.2 Å². The number of benzene rings is 1. The van der Waals surface area contributed by atoms with Gasteiger partial charge < -0.3 is 20.1 Å². The number of aryl methyl sites for hydroxylation is 2. The molecule has 0 aliphatic heterocycles. The summed E-state index contributed by atoms with van der Waals surface area (Å²) < 4.78 is 5.41. The zero-order valence-corrected chi connectivity index (χ0v) is 17.7. The first kappa shape index (κ1) is 26.4. The highest BCUT2D eigenvalue weighted by molar-refractivity contribution is 5.90. The van der Waals surface area contributed by atoms with Gasteiger partial charge in [-0.15, -0.1) is 0 Å². The number of nitrogens with one attached hydrogen (secondary N) is 1. The third-order valence-electron chi connectivity index (χ3n) is 4.27. The van der Waals surface area contributed by atoms with Crippen molar-refractivity contribution in [2.75, 3.05) is 19.7 Å². The number of hydrogen-bond acceptors (Lipinski definition) is 6. The molecule has 1 rings (SSSR count). The zero-order valence-electron chi connectivity index (χ0n) is 17.7. The number of ether oxygens (including phenoxy) is 1. The van der Waals surface area contributed by atoms with E-state index in [0.717, 1.165) is 12.8 Å². The van der Waals surface area contributed by atoms with E-state index >= 15 is 0 Å². The second-order valence-electron chi connectivity index (χ2n) is 6.86. The van der Waals surface area contributed by atoms with Crippen LogP contribution in [0.3, 0.4) is 0 Å². The topological polar surface area (TPSA) is 133 Å². The quantitative estimate of drug-likeness (QED) is 0.408. The SMILES string of the molecule is CCCCC(CC)COC(=O)c1cc(C)c(O)c(C)c1.O=C(O)CNCC(=O)O. The van der Waals surface area contributed by atoms with E-state index in [1.807, 2.05) is 0 Å². The summed E-state index contributed by atoms with van der Waals surface area (Å²) >= 11 is 0. The van der Waals surface area contributed by atoms with E-state index in [9.17, 15) is 19.5 Å². The van der Waals surface area contributed by atoms with Crippen LogP contribution in [0, 0.1) is 19.8 Å². The number of rotatable bonds is 11. The molecule has 164 valence electrons. The van der Waals surface area contributed by atoms with Gasteiger partial charge in [-0.3, -0.25) is 14.9 Å². The molecule has 1 unspecified atom stereocenters. The van der Waals surface area contributed by atoms with E-state index in [1.54, 1.807) is 26.0 Å². The zero-order chi connectivity index (χ0) is 22.4. The van der Waals surface area contributed by atoms with Crippen molar-refractivity contribution in [1.29, 1.82) is 0 Å². The van der Waals surface area contributed by atoms with Crippen LogP contribution < -0.4 is 5.32 Å². The molecular weight excluding hydrogens is 378 g/mol. The van der Waals surface area contributed by atoms with Crippen LogP contribution in [0.1, 0.15) is 61.0 Å². The normalized spacial score (nSPS) is 11.2. The minimum atomic E-state index is -1.06. The van der Waals surface area contributed by atoms with Crippen molar-refractivity contribution < 1.29 is 34.4 Å². The highest BCUT2D eigenvalue weighted by atomic mass is 16.5. The lowest BCUT2D eigenvalue weighted by Crippen LogP contribution is -2.27. The van der Waals surface area contributed by atoms with Crippen LogP contribution >= 0.6 is 0 Å². The van der Waals surface area contributed by atoms with Gasteiger partial charge in [0.05, 0.1) is 25.3 Å². The van der Waals surface area contributed by atoms with Crippen LogP contribution in [0.5, 0.6) is 5.75 Å². The standard InChI is InChI=1S/C17H26O3.C4H7NO4/c1-5-7-8-14(6-2)11-20-17(19)15-9-12(3)16(18)13(4)10-15;6-3(7)1-5-2-4(8)9/h9-10,14,18H,5-8,11H2,1-4H3;5H,1-2H2,(H,6,7)(H,8,9). The summed E-state index contributed by atoms with van der Waals surface area (Å²) in [6, 6.07) is 3.36. The minimum Gasteiger partial charge on any atom is -0.507 e. The first-order valence-electron chi connectivity index (χ1n) is 9.73. The lowest BCUT2D eigenvalue weighted by molar-refractivity contribution is -0.137. The second kappa shape index (κ2) is 14.4. The van der Waals surface area contributed by atoms with Crippen molar-refractivity contribution in [3.05, 3.63) is 28.8 Å². The molecule has 1 atom stereocenters. The number of hydrogen-bond donors (Lipinski definition) is 4. The number of carbonyl (C=O) groups excluding carboxylic acids is 1. The summed E-state index contributed by atoms with van der Waals surface area (Å²) in [7, 11) is 0. The van der Waals surface area contributed by atoms with Crippen molar-refractivity contribution >= 4 is 17.9 Å². The lowest BCUT2D eigenvalue weighted by Gasteiger charge is -2.15. The second-order valence-corrected chi connectivity index (χ2v) is 6.86.